The topological polar surface area (TPSA) is 101 Å². The van der Waals surface area contributed by atoms with E-state index in [1.54, 1.807) is 18.3 Å². The molecule has 174 valence electrons. The Kier molecular flexibility index (Phi) is 7.08. The molecule has 14 heteroatoms. The smallest absolute Gasteiger partial charge is 0.329 e. The minimum Gasteiger partial charge on any atom is -0.329 e. The number of hydrogen-bond donors (Lipinski definition) is 3. The van der Waals surface area contributed by atoms with Crippen LogP contribution in [0.1, 0.15) is 18.7 Å². The Hall–Kier alpha value is -3.38. The van der Waals surface area contributed by atoms with Crippen molar-refractivity contribution in [2.24, 2.45) is 0 Å². The molecule has 3 aromatic rings. The van der Waals surface area contributed by atoms with Gasteiger partial charge < -0.3 is 5.32 Å². The highest BCUT2D eigenvalue weighted by molar-refractivity contribution is 6.36. The van der Waals surface area contributed by atoms with Crippen LogP contribution >= 0.6 is 23.2 Å². The zero-order chi connectivity index (χ0) is 24.3. The van der Waals surface area contributed by atoms with Gasteiger partial charge in [0.15, 0.2) is 0 Å². The van der Waals surface area contributed by atoms with E-state index in [1.807, 2.05) is 0 Å². The van der Waals surface area contributed by atoms with E-state index in [0.717, 1.165) is 6.07 Å². The fraction of sp³-hybridized carbons (Fsp3) is 0.158. The first-order valence-corrected chi connectivity index (χ1v) is 9.81. The molecule has 8 nitrogen and oxygen atoms in total. The second-order valence-electron chi connectivity index (χ2n) is 6.60. The molecule has 0 radical (unpaired) electrons. The number of hydrogen-bond acceptors (Lipinski definition) is 4. The van der Waals surface area contributed by atoms with Gasteiger partial charge in [0, 0.05) is 34.7 Å². The van der Waals surface area contributed by atoms with Crippen molar-refractivity contribution in [3.05, 3.63) is 64.4 Å². The van der Waals surface area contributed by atoms with Gasteiger partial charge in [0.05, 0.1) is 22.4 Å². The molecule has 0 aliphatic heterocycles. The van der Waals surface area contributed by atoms with Crippen molar-refractivity contribution < 1.29 is 27.2 Å². The highest BCUT2D eigenvalue weighted by Crippen LogP contribution is 2.35. The van der Waals surface area contributed by atoms with Crippen LogP contribution in [0, 0.1) is 5.82 Å². The average molecular weight is 505 g/mol. The molecule has 2 heterocycles. The number of carbonyl (C=O) groups is 2. The summed E-state index contributed by atoms with van der Waals surface area (Å²) in [6, 6.07) is 3.61. The lowest BCUT2D eigenvalue weighted by Gasteiger charge is -2.17. The fourth-order valence-corrected chi connectivity index (χ4v) is 3.40. The van der Waals surface area contributed by atoms with E-state index in [2.05, 4.69) is 15.4 Å². The highest BCUT2D eigenvalue weighted by atomic mass is 35.5. The molecule has 33 heavy (non-hydrogen) atoms. The third kappa shape index (κ3) is 5.71. The molecular weight excluding hydrogens is 491 g/mol. The van der Waals surface area contributed by atoms with Gasteiger partial charge in [0.1, 0.15) is 5.82 Å². The van der Waals surface area contributed by atoms with E-state index in [0.29, 0.717) is 21.8 Å². The minimum absolute atomic E-state index is 0.204. The van der Waals surface area contributed by atoms with Crippen LogP contribution in [0.15, 0.2) is 42.9 Å². The number of carbonyl (C=O) groups excluding carboxylic acids is 2. The van der Waals surface area contributed by atoms with Gasteiger partial charge in [-0.3, -0.25) is 15.2 Å². The van der Waals surface area contributed by atoms with Gasteiger partial charge in [0.2, 0.25) is 0 Å². The Morgan fingerprint density at radius 1 is 1.15 bits per heavy atom. The van der Waals surface area contributed by atoms with Crippen LogP contribution in [-0.2, 0) is 4.79 Å². The number of nitrogens with one attached hydrogen (secondary N) is 3. The van der Waals surface area contributed by atoms with Crippen LogP contribution in [0.5, 0.6) is 0 Å². The summed E-state index contributed by atoms with van der Waals surface area (Å²) in [4.78, 5) is 26.5. The van der Waals surface area contributed by atoms with Gasteiger partial charge in [-0.15, -0.1) is 0 Å². The summed E-state index contributed by atoms with van der Waals surface area (Å²) in [6.07, 6.45) is -0.694. The van der Waals surface area contributed by atoms with Crippen LogP contribution in [0.25, 0.3) is 16.8 Å². The summed E-state index contributed by atoms with van der Waals surface area (Å²) in [7, 11) is 0. The van der Waals surface area contributed by atoms with E-state index in [-0.39, 0.29) is 10.7 Å². The molecule has 0 saturated carbocycles. The maximum atomic E-state index is 14.8. The second kappa shape index (κ2) is 9.63. The molecule has 0 saturated heterocycles. The maximum Gasteiger partial charge on any atom is 0.472 e. The molecule has 0 spiro atoms. The van der Waals surface area contributed by atoms with E-state index in [4.69, 9.17) is 23.2 Å². The molecule has 3 N–H and O–H groups in total. The zero-order valence-electron chi connectivity index (χ0n) is 16.5. The molecule has 3 rings (SSSR count). The van der Waals surface area contributed by atoms with E-state index in [1.165, 1.54) is 40.9 Å². The van der Waals surface area contributed by atoms with Crippen molar-refractivity contribution in [3.8, 4) is 16.8 Å². The molecule has 1 aromatic carbocycles. The predicted octanol–water partition coefficient (Wildman–Crippen LogP) is 4.33. The standard InChI is InChI=1S/C19H14Cl2F4N6O2/c1-9(28-18(33)30-29-17(32)19(23,24)25)15-14(22)5-10(8-26-15)12-6-11(20)7-13(21)16(12)31-4-2-3-27-31/h2-9H,1H3,(H,29,32)(H2,28,30,33). The first kappa shape index (κ1) is 24.3. The molecule has 0 aliphatic rings. The highest BCUT2D eigenvalue weighted by Gasteiger charge is 2.39. The molecule has 2 aromatic heterocycles. The largest absolute Gasteiger partial charge is 0.472 e. The second-order valence-corrected chi connectivity index (χ2v) is 7.44. The van der Waals surface area contributed by atoms with E-state index >= 15 is 0 Å². The normalized spacial score (nSPS) is 12.2. The lowest BCUT2D eigenvalue weighted by molar-refractivity contribution is -0.174. The molecular formula is C19H14Cl2F4N6O2. The summed E-state index contributed by atoms with van der Waals surface area (Å²) in [5.74, 6) is -3.19. The summed E-state index contributed by atoms with van der Waals surface area (Å²) in [6.45, 7) is 1.35. The number of alkyl halides is 3. The number of hydrazine groups is 1. The Balaban J connectivity index is 1.81. The fourth-order valence-electron chi connectivity index (χ4n) is 2.82. The van der Waals surface area contributed by atoms with Gasteiger partial charge in [0.25, 0.3) is 0 Å². The summed E-state index contributed by atoms with van der Waals surface area (Å²) in [5.41, 5.74) is 3.67. The van der Waals surface area contributed by atoms with Crippen LogP contribution in [0.3, 0.4) is 0 Å². The molecule has 0 aliphatic carbocycles. The Morgan fingerprint density at radius 3 is 2.48 bits per heavy atom. The quantitative estimate of drug-likeness (QED) is 0.363. The number of amides is 3. The van der Waals surface area contributed by atoms with Crippen molar-refractivity contribution in [3.63, 3.8) is 0 Å². The first-order valence-electron chi connectivity index (χ1n) is 9.06. The van der Waals surface area contributed by atoms with Crippen LogP contribution in [0.4, 0.5) is 22.4 Å². The molecule has 1 unspecified atom stereocenters. The molecule has 3 amide bonds. The van der Waals surface area contributed by atoms with Gasteiger partial charge in [-0.1, -0.05) is 23.2 Å². The predicted molar refractivity (Wildman–Crippen MR) is 111 cm³/mol. The number of rotatable bonds is 4. The number of aromatic nitrogens is 3. The third-order valence-corrected chi connectivity index (χ3v) is 4.75. The zero-order valence-corrected chi connectivity index (χ0v) is 18.1. The number of benzene rings is 1. The van der Waals surface area contributed by atoms with E-state index < -0.39 is 30.0 Å². The molecule has 1 atom stereocenters. The maximum absolute atomic E-state index is 14.8. The summed E-state index contributed by atoms with van der Waals surface area (Å²) in [5, 5.41) is 6.85. The summed E-state index contributed by atoms with van der Waals surface area (Å²) < 4.78 is 52.8. The number of halogens is 6. The Morgan fingerprint density at radius 2 is 1.88 bits per heavy atom. The minimum atomic E-state index is -5.18. The van der Waals surface area contributed by atoms with Gasteiger partial charge in [-0.2, -0.15) is 18.3 Å². The summed E-state index contributed by atoms with van der Waals surface area (Å²) >= 11 is 12.4. The van der Waals surface area contributed by atoms with Gasteiger partial charge in [-0.25, -0.2) is 19.3 Å². The monoisotopic (exact) mass is 504 g/mol. The van der Waals surface area contributed by atoms with Crippen molar-refractivity contribution in [2.45, 2.75) is 19.1 Å². The lowest BCUT2D eigenvalue weighted by atomic mass is 10.0. The van der Waals surface area contributed by atoms with Crippen molar-refractivity contribution in [2.75, 3.05) is 0 Å². The van der Waals surface area contributed by atoms with Crippen molar-refractivity contribution in [1.29, 1.82) is 0 Å². The van der Waals surface area contributed by atoms with E-state index in [9.17, 15) is 27.2 Å². The molecule has 0 fully saturated rings. The number of urea groups is 1. The lowest BCUT2D eigenvalue weighted by Crippen LogP contribution is -2.51. The number of pyridine rings is 1. The van der Waals surface area contributed by atoms with Crippen LogP contribution in [0.2, 0.25) is 10.0 Å². The van der Waals surface area contributed by atoms with Gasteiger partial charge >= 0.3 is 18.1 Å². The van der Waals surface area contributed by atoms with Crippen molar-refractivity contribution in [1.82, 2.24) is 30.9 Å². The van der Waals surface area contributed by atoms with Gasteiger partial charge in [-0.05, 0) is 31.2 Å². The first-order chi connectivity index (χ1) is 15.5. The Labute approximate surface area is 193 Å². The average Bonchev–Trinajstić information content (AvgIpc) is 3.24. The van der Waals surface area contributed by atoms with Crippen LogP contribution in [-0.4, -0.2) is 32.9 Å². The third-order valence-electron chi connectivity index (χ3n) is 4.25. The van der Waals surface area contributed by atoms with Crippen LogP contribution < -0.4 is 16.2 Å². The molecule has 0 bridgehead atoms. The Bertz CT molecular complexity index is 1190. The number of nitrogens with zero attached hydrogens (tertiary/aromatic N) is 3. The van der Waals surface area contributed by atoms with Crippen molar-refractivity contribution >= 4 is 35.1 Å². The SMILES string of the molecule is CC(NC(=O)NNC(=O)C(F)(F)F)c1ncc(-c2cc(Cl)cc(Cl)c2-n2cccn2)cc1F.